The summed E-state index contributed by atoms with van der Waals surface area (Å²) in [5.41, 5.74) is 1.94. The number of rotatable bonds is 7. The Balaban J connectivity index is 1.42. The zero-order chi connectivity index (χ0) is 17.5. The molecule has 1 N–H and O–H groups in total. The molecule has 25 heavy (non-hydrogen) atoms. The molecule has 6 nitrogen and oxygen atoms in total. The number of carbonyl (C=O) groups excluding carboxylic acids is 1. The molecule has 0 radical (unpaired) electrons. The fraction of sp³-hybridized carbons (Fsp3) is 0.176. The minimum atomic E-state index is -0.0809. The molecule has 0 unspecified atom stereocenters. The van der Waals surface area contributed by atoms with Crippen LogP contribution < -0.4 is 5.32 Å². The van der Waals surface area contributed by atoms with Crippen molar-refractivity contribution in [3.05, 3.63) is 65.3 Å². The maximum absolute atomic E-state index is 11.9. The van der Waals surface area contributed by atoms with Gasteiger partial charge in [0.05, 0.1) is 12.3 Å². The van der Waals surface area contributed by atoms with Gasteiger partial charge in [0.15, 0.2) is 0 Å². The van der Waals surface area contributed by atoms with Crippen molar-refractivity contribution in [3.8, 4) is 11.4 Å². The van der Waals surface area contributed by atoms with Crippen LogP contribution in [0.1, 0.15) is 11.5 Å². The number of hydrogen-bond donors (Lipinski definition) is 1. The van der Waals surface area contributed by atoms with Gasteiger partial charge < -0.3 is 9.84 Å². The summed E-state index contributed by atoms with van der Waals surface area (Å²) in [6, 6.07) is 11.2. The highest BCUT2D eigenvalue weighted by Crippen LogP contribution is 2.16. The molecule has 0 spiro atoms. The number of benzene rings is 1. The zero-order valence-corrected chi connectivity index (χ0v) is 14.8. The monoisotopic (exact) mass is 374 g/mol. The maximum atomic E-state index is 11.9. The molecule has 0 aliphatic carbocycles. The third kappa shape index (κ3) is 5.30. The third-order valence-corrected chi connectivity index (χ3v) is 4.51. The lowest BCUT2D eigenvalue weighted by atomic mass is 10.2. The van der Waals surface area contributed by atoms with Gasteiger partial charge in [-0.2, -0.15) is 4.98 Å². The molecule has 2 aromatic heterocycles. The Labute approximate surface area is 154 Å². The van der Waals surface area contributed by atoms with Gasteiger partial charge in [-0.15, -0.1) is 11.8 Å². The minimum absolute atomic E-state index is 0.0809. The van der Waals surface area contributed by atoms with E-state index < -0.39 is 0 Å². The van der Waals surface area contributed by atoms with E-state index in [0.29, 0.717) is 22.5 Å². The first kappa shape index (κ1) is 17.4. The van der Waals surface area contributed by atoms with Crippen LogP contribution in [0, 0.1) is 0 Å². The number of hydrogen-bond acceptors (Lipinski definition) is 6. The van der Waals surface area contributed by atoms with Crippen LogP contribution >= 0.6 is 23.4 Å². The largest absolute Gasteiger partial charge is 0.346 e. The van der Waals surface area contributed by atoms with E-state index in [1.807, 2.05) is 24.3 Å². The van der Waals surface area contributed by atoms with Crippen molar-refractivity contribution in [2.45, 2.75) is 12.3 Å². The number of nitrogens with one attached hydrogen (secondary N) is 1. The average molecular weight is 375 g/mol. The fourth-order valence-electron chi connectivity index (χ4n) is 2.01. The first-order valence-corrected chi connectivity index (χ1v) is 9.06. The number of carbonyl (C=O) groups is 1. The number of nitrogens with zero attached hydrogens (tertiary/aromatic N) is 3. The van der Waals surface area contributed by atoms with E-state index >= 15 is 0 Å². The summed E-state index contributed by atoms with van der Waals surface area (Å²) in [6.45, 7) is 0.207. The molecule has 0 aliphatic rings. The highest BCUT2D eigenvalue weighted by atomic mass is 35.5. The first-order chi connectivity index (χ1) is 12.2. The van der Waals surface area contributed by atoms with Gasteiger partial charge in [-0.25, -0.2) is 0 Å². The third-order valence-electron chi connectivity index (χ3n) is 3.26. The van der Waals surface area contributed by atoms with Crippen molar-refractivity contribution in [1.82, 2.24) is 20.4 Å². The summed E-state index contributed by atoms with van der Waals surface area (Å²) in [6.07, 6.45) is 3.32. The molecule has 2 heterocycles. The molecule has 8 heteroatoms. The quantitative estimate of drug-likeness (QED) is 0.683. The predicted molar refractivity (Wildman–Crippen MR) is 97.0 cm³/mol. The second-order valence-electron chi connectivity index (χ2n) is 5.14. The van der Waals surface area contributed by atoms with E-state index in [9.17, 15) is 4.79 Å². The van der Waals surface area contributed by atoms with Gasteiger partial charge in [-0.3, -0.25) is 9.78 Å². The second kappa shape index (κ2) is 8.64. The van der Waals surface area contributed by atoms with E-state index in [-0.39, 0.29) is 12.5 Å². The topological polar surface area (TPSA) is 80.9 Å². The minimum Gasteiger partial charge on any atom is -0.346 e. The van der Waals surface area contributed by atoms with Crippen LogP contribution in [0.3, 0.4) is 0 Å². The summed E-state index contributed by atoms with van der Waals surface area (Å²) in [7, 11) is 0. The van der Waals surface area contributed by atoms with Crippen molar-refractivity contribution < 1.29 is 9.32 Å². The van der Waals surface area contributed by atoms with Crippen molar-refractivity contribution in [2.24, 2.45) is 0 Å². The number of pyridine rings is 1. The lowest BCUT2D eigenvalue weighted by Gasteiger charge is -2.03. The van der Waals surface area contributed by atoms with Crippen LogP contribution in [0.15, 0.2) is 53.3 Å². The lowest BCUT2D eigenvalue weighted by Crippen LogP contribution is -2.24. The second-order valence-corrected chi connectivity index (χ2v) is 6.57. The van der Waals surface area contributed by atoms with Crippen LogP contribution in [0.2, 0.25) is 5.02 Å². The van der Waals surface area contributed by atoms with E-state index in [4.69, 9.17) is 16.1 Å². The van der Waals surface area contributed by atoms with Crippen molar-refractivity contribution in [2.75, 3.05) is 5.75 Å². The molecule has 0 bridgehead atoms. The van der Waals surface area contributed by atoms with Crippen LogP contribution in [0.25, 0.3) is 11.4 Å². The van der Waals surface area contributed by atoms with Crippen molar-refractivity contribution in [1.29, 1.82) is 0 Å². The standard InChI is InChI=1S/C17H15ClN4O2S/c18-14-3-1-12(2-4-14)10-25-11-15(23)20-9-16-21-17(22-24-16)13-5-7-19-8-6-13/h1-8H,9-11H2,(H,20,23). The summed E-state index contributed by atoms with van der Waals surface area (Å²) < 4.78 is 5.14. The van der Waals surface area contributed by atoms with E-state index in [0.717, 1.165) is 16.9 Å². The Morgan fingerprint density at radius 3 is 2.68 bits per heavy atom. The first-order valence-electron chi connectivity index (χ1n) is 7.52. The lowest BCUT2D eigenvalue weighted by molar-refractivity contribution is -0.118. The maximum Gasteiger partial charge on any atom is 0.246 e. The van der Waals surface area contributed by atoms with Crippen LogP contribution in [-0.2, 0) is 17.1 Å². The molecule has 0 saturated carbocycles. The molecule has 1 amide bonds. The molecule has 0 saturated heterocycles. The van der Waals surface area contributed by atoms with Crippen LogP contribution in [-0.4, -0.2) is 26.8 Å². The van der Waals surface area contributed by atoms with Crippen LogP contribution in [0.4, 0.5) is 0 Å². The highest BCUT2D eigenvalue weighted by molar-refractivity contribution is 7.99. The molecular weight excluding hydrogens is 360 g/mol. The van der Waals surface area contributed by atoms with E-state index in [1.54, 1.807) is 24.5 Å². The molecule has 0 atom stereocenters. The Hall–Kier alpha value is -2.38. The average Bonchev–Trinajstić information content (AvgIpc) is 3.11. The van der Waals surface area contributed by atoms with Crippen molar-refractivity contribution >= 4 is 29.3 Å². The number of thioether (sulfide) groups is 1. The van der Waals surface area contributed by atoms with Gasteiger partial charge in [0.1, 0.15) is 0 Å². The van der Waals surface area contributed by atoms with Crippen molar-refractivity contribution in [3.63, 3.8) is 0 Å². The van der Waals surface area contributed by atoms with E-state index in [2.05, 4.69) is 20.4 Å². The Kier molecular flexibility index (Phi) is 6.03. The Morgan fingerprint density at radius 1 is 1.16 bits per heavy atom. The zero-order valence-electron chi connectivity index (χ0n) is 13.2. The van der Waals surface area contributed by atoms with Gasteiger partial charge in [0, 0.05) is 28.7 Å². The Morgan fingerprint density at radius 2 is 1.92 bits per heavy atom. The van der Waals surface area contributed by atoms with Gasteiger partial charge in [0.2, 0.25) is 17.6 Å². The highest BCUT2D eigenvalue weighted by Gasteiger charge is 2.09. The van der Waals surface area contributed by atoms with Gasteiger partial charge in [-0.05, 0) is 29.8 Å². The normalized spacial score (nSPS) is 10.6. The number of halogens is 1. The smallest absolute Gasteiger partial charge is 0.246 e. The summed E-state index contributed by atoms with van der Waals surface area (Å²) in [5.74, 6) is 1.86. The predicted octanol–water partition coefficient (Wildman–Crippen LogP) is 3.33. The number of amides is 1. The molecule has 0 aliphatic heterocycles. The molecule has 0 fully saturated rings. The van der Waals surface area contributed by atoms with Gasteiger partial charge >= 0.3 is 0 Å². The summed E-state index contributed by atoms with van der Waals surface area (Å²) in [4.78, 5) is 20.1. The molecule has 128 valence electrons. The molecule has 3 rings (SSSR count). The SMILES string of the molecule is O=C(CSCc1ccc(Cl)cc1)NCc1nc(-c2ccncc2)no1. The number of aromatic nitrogens is 3. The summed E-state index contributed by atoms with van der Waals surface area (Å²) in [5, 5.41) is 7.37. The van der Waals surface area contributed by atoms with Crippen LogP contribution in [0.5, 0.6) is 0 Å². The van der Waals surface area contributed by atoms with E-state index in [1.165, 1.54) is 11.8 Å². The fourth-order valence-corrected chi connectivity index (χ4v) is 2.96. The Bertz CT molecular complexity index is 824. The molecular formula is C17H15ClN4O2S. The van der Waals surface area contributed by atoms with Gasteiger partial charge in [-0.1, -0.05) is 28.9 Å². The van der Waals surface area contributed by atoms with Gasteiger partial charge in [0.25, 0.3) is 0 Å². The molecule has 3 aromatic rings. The summed E-state index contributed by atoms with van der Waals surface area (Å²) >= 11 is 7.37. The molecule has 1 aromatic carbocycles.